The van der Waals surface area contributed by atoms with Gasteiger partial charge in [0.15, 0.2) is 3.79 Å². The SMILES string of the molecule is FC(F)(F)Oc1cc(Cl)c(CC(Cl)(Cl)Cl)c(Cl)c1. The third kappa shape index (κ3) is 5.49. The molecular formula is C9H4Cl5F3O. The minimum Gasteiger partial charge on any atom is -0.406 e. The van der Waals surface area contributed by atoms with Crippen molar-refractivity contribution in [1.82, 2.24) is 0 Å². The highest BCUT2D eigenvalue weighted by atomic mass is 35.6. The van der Waals surface area contributed by atoms with Crippen LogP contribution in [-0.2, 0) is 6.42 Å². The molecule has 0 atom stereocenters. The zero-order valence-electron chi connectivity index (χ0n) is 8.29. The first kappa shape index (κ1) is 16.3. The number of alkyl halides is 6. The third-order valence-electron chi connectivity index (χ3n) is 1.73. The number of ether oxygens (including phenoxy) is 1. The maximum atomic E-state index is 12.0. The monoisotopic (exact) mass is 360 g/mol. The van der Waals surface area contributed by atoms with Gasteiger partial charge in [-0.05, 0) is 17.7 Å². The summed E-state index contributed by atoms with van der Waals surface area (Å²) in [5, 5.41) is -0.152. The molecule has 0 saturated heterocycles. The van der Waals surface area contributed by atoms with Crippen LogP contribution in [0.25, 0.3) is 0 Å². The number of hydrogen-bond acceptors (Lipinski definition) is 1. The van der Waals surface area contributed by atoms with E-state index >= 15 is 0 Å². The summed E-state index contributed by atoms with van der Waals surface area (Å²) >= 11 is 28.2. The fourth-order valence-electron chi connectivity index (χ4n) is 1.14. The lowest BCUT2D eigenvalue weighted by molar-refractivity contribution is -0.274. The first-order valence-corrected chi connectivity index (χ1v) is 6.17. The lowest BCUT2D eigenvalue weighted by Gasteiger charge is -2.15. The summed E-state index contributed by atoms with van der Waals surface area (Å²) in [6, 6.07) is 1.90. The van der Waals surface area contributed by atoms with Crippen molar-refractivity contribution in [3.8, 4) is 5.75 Å². The lowest BCUT2D eigenvalue weighted by Crippen LogP contribution is -2.17. The molecular weight excluding hydrogens is 358 g/mol. The van der Waals surface area contributed by atoms with Crippen molar-refractivity contribution in [2.75, 3.05) is 0 Å². The molecule has 0 N–H and O–H groups in total. The van der Waals surface area contributed by atoms with E-state index in [1.54, 1.807) is 0 Å². The zero-order valence-corrected chi connectivity index (χ0v) is 12.1. The maximum absolute atomic E-state index is 12.0. The molecule has 102 valence electrons. The molecule has 1 nitrogen and oxygen atoms in total. The molecule has 0 radical (unpaired) electrons. The number of rotatable bonds is 2. The first-order valence-electron chi connectivity index (χ1n) is 4.28. The van der Waals surface area contributed by atoms with E-state index in [0.29, 0.717) is 0 Å². The number of halogens is 8. The van der Waals surface area contributed by atoms with E-state index in [4.69, 9.17) is 58.0 Å². The van der Waals surface area contributed by atoms with Gasteiger partial charge in [0.25, 0.3) is 0 Å². The van der Waals surface area contributed by atoms with Crippen molar-refractivity contribution in [1.29, 1.82) is 0 Å². The van der Waals surface area contributed by atoms with Crippen LogP contribution in [0.15, 0.2) is 12.1 Å². The van der Waals surface area contributed by atoms with Gasteiger partial charge in [0.2, 0.25) is 0 Å². The Hall–Kier alpha value is 0.260. The Morgan fingerprint density at radius 3 is 1.78 bits per heavy atom. The van der Waals surface area contributed by atoms with E-state index in [1.807, 2.05) is 0 Å². The zero-order chi connectivity index (χ0) is 14.1. The highest BCUT2D eigenvalue weighted by Gasteiger charge is 2.32. The Morgan fingerprint density at radius 2 is 1.44 bits per heavy atom. The van der Waals surface area contributed by atoms with Gasteiger partial charge in [0.05, 0.1) is 0 Å². The van der Waals surface area contributed by atoms with E-state index < -0.39 is 15.9 Å². The molecule has 0 aliphatic heterocycles. The van der Waals surface area contributed by atoms with Crippen molar-refractivity contribution >= 4 is 58.0 Å². The molecule has 0 fully saturated rings. The van der Waals surface area contributed by atoms with Crippen LogP contribution in [0.4, 0.5) is 13.2 Å². The molecule has 0 saturated carbocycles. The number of benzene rings is 1. The Morgan fingerprint density at radius 1 is 1.00 bits per heavy atom. The Kier molecular flexibility index (Phi) is 5.18. The Bertz CT molecular complexity index is 418. The van der Waals surface area contributed by atoms with Gasteiger partial charge in [-0.15, -0.1) is 13.2 Å². The van der Waals surface area contributed by atoms with Crippen molar-refractivity contribution in [2.24, 2.45) is 0 Å². The molecule has 1 aromatic rings. The molecule has 0 aromatic heterocycles. The van der Waals surface area contributed by atoms with Crippen LogP contribution in [0, 0.1) is 0 Å². The van der Waals surface area contributed by atoms with Crippen LogP contribution in [-0.4, -0.2) is 10.2 Å². The fourth-order valence-corrected chi connectivity index (χ4v) is 2.14. The van der Waals surface area contributed by atoms with Gasteiger partial charge in [-0.25, -0.2) is 0 Å². The van der Waals surface area contributed by atoms with Crippen molar-refractivity contribution in [2.45, 2.75) is 16.6 Å². The third-order valence-corrected chi connectivity index (χ3v) is 2.80. The van der Waals surface area contributed by atoms with E-state index in [2.05, 4.69) is 4.74 Å². The van der Waals surface area contributed by atoms with Gasteiger partial charge in [-0.2, -0.15) is 0 Å². The van der Waals surface area contributed by atoms with Crippen LogP contribution in [0.2, 0.25) is 10.0 Å². The summed E-state index contributed by atoms with van der Waals surface area (Å²) < 4.78 is 38.0. The van der Waals surface area contributed by atoms with Gasteiger partial charge in [-0.3, -0.25) is 0 Å². The van der Waals surface area contributed by atoms with Crippen LogP contribution >= 0.6 is 58.0 Å². The average Bonchev–Trinajstić information content (AvgIpc) is 2.07. The Labute approximate surface area is 126 Å². The normalized spacial score (nSPS) is 12.7. The number of hydrogen-bond donors (Lipinski definition) is 0. The van der Waals surface area contributed by atoms with Crippen LogP contribution in [0.5, 0.6) is 5.75 Å². The molecule has 0 aliphatic carbocycles. The van der Waals surface area contributed by atoms with Gasteiger partial charge in [0.1, 0.15) is 5.75 Å². The average molecular weight is 362 g/mol. The second kappa shape index (κ2) is 5.71. The Balaban J connectivity index is 3.05. The molecule has 0 unspecified atom stereocenters. The standard InChI is InChI=1S/C9H4Cl5F3O/c10-6-1-4(18-9(15,16)17)2-7(11)5(6)3-8(12,13)14/h1-2H,3H2. The fraction of sp³-hybridized carbons (Fsp3) is 0.333. The van der Waals surface area contributed by atoms with E-state index in [0.717, 1.165) is 12.1 Å². The van der Waals surface area contributed by atoms with Crippen LogP contribution in [0.1, 0.15) is 5.56 Å². The van der Waals surface area contributed by atoms with E-state index in [9.17, 15) is 13.2 Å². The minimum atomic E-state index is -4.83. The minimum absolute atomic E-state index is 0.0759. The van der Waals surface area contributed by atoms with Crippen molar-refractivity contribution < 1.29 is 17.9 Å². The van der Waals surface area contributed by atoms with Gasteiger partial charge < -0.3 is 4.74 Å². The van der Waals surface area contributed by atoms with Gasteiger partial charge in [0, 0.05) is 16.5 Å². The topological polar surface area (TPSA) is 9.23 Å². The summed E-state index contributed by atoms with van der Waals surface area (Å²) in [6.07, 6.45) is -4.97. The maximum Gasteiger partial charge on any atom is 0.573 e. The largest absolute Gasteiger partial charge is 0.573 e. The summed E-state index contributed by atoms with van der Waals surface area (Å²) in [6.45, 7) is 0. The molecule has 0 aliphatic rings. The van der Waals surface area contributed by atoms with Crippen molar-refractivity contribution in [3.05, 3.63) is 27.7 Å². The second-order valence-electron chi connectivity index (χ2n) is 3.21. The first-order chi connectivity index (χ1) is 7.98. The highest BCUT2D eigenvalue weighted by molar-refractivity contribution is 6.67. The summed E-state index contributed by atoms with van der Waals surface area (Å²) in [5.74, 6) is -0.537. The van der Waals surface area contributed by atoms with Crippen LogP contribution in [0.3, 0.4) is 0 Å². The van der Waals surface area contributed by atoms with Crippen molar-refractivity contribution in [3.63, 3.8) is 0 Å². The lowest BCUT2D eigenvalue weighted by atomic mass is 10.1. The molecule has 18 heavy (non-hydrogen) atoms. The highest BCUT2D eigenvalue weighted by Crippen LogP contribution is 2.38. The predicted octanol–water partition coefficient (Wildman–Crippen LogP) is 5.80. The molecule has 0 heterocycles. The van der Waals surface area contributed by atoms with E-state index in [-0.39, 0.29) is 22.0 Å². The molecule has 1 aromatic carbocycles. The molecule has 1 rings (SSSR count). The quantitative estimate of drug-likeness (QED) is 0.604. The van der Waals surface area contributed by atoms with Crippen LogP contribution < -0.4 is 4.74 Å². The predicted molar refractivity (Wildman–Crippen MR) is 67.1 cm³/mol. The molecule has 9 heteroatoms. The van der Waals surface area contributed by atoms with E-state index in [1.165, 1.54) is 0 Å². The van der Waals surface area contributed by atoms with Gasteiger partial charge in [-0.1, -0.05) is 58.0 Å². The summed E-state index contributed by atoms with van der Waals surface area (Å²) in [7, 11) is 0. The molecule has 0 spiro atoms. The summed E-state index contributed by atoms with van der Waals surface area (Å²) in [4.78, 5) is 0. The smallest absolute Gasteiger partial charge is 0.406 e. The molecule has 0 amide bonds. The molecule has 0 bridgehead atoms. The van der Waals surface area contributed by atoms with Gasteiger partial charge >= 0.3 is 6.36 Å². The second-order valence-corrected chi connectivity index (χ2v) is 6.54. The summed E-state index contributed by atoms with van der Waals surface area (Å²) in [5.41, 5.74) is 0.229.